The number of aryl methyl sites for hydroxylation is 1. The summed E-state index contributed by atoms with van der Waals surface area (Å²) in [6.45, 7) is 0.597. The predicted molar refractivity (Wildman–Crippen MR) is 95.5 cm³/mol. The van der Waals surface area contributed by atoms with Crippen molar-refractivity contribution in [2.75, 3.05) is 0 Å². The molecule has 0 saturated heterocycles. The van der Waals surface area contributed by atoms with Crippen LogP contribution in [0.4, 0.5) is 0 Å². The van der Waals surface area contributed by atoms with E-state index < -0.39 is 0 Å². The van der Waals surface area contributed by atoms with Crippen LogP contribution in [-0.4, -0.2) is 21.8 Å². The van der Waals surface area contributed by atoms with Crippen molar-refractivity contribution in [3.05, 3.63) is 42.2 Å². The maximum Gasteiger partial charge on any atom is 0.189 e. The Bertz CT molecular complexity index is 630. The van der Waals surface area contributed by atoms with Gasteiger partial charge in [-0.2, -0.15) is 5.10 Å². The first-order valence-electron chi connectivity index (χ1n) is 6.85. The van der Waals surface area contributed by atoms with Crippen molar-refractivity contribution in [1.29, 1.82) is 0 Å². The van der Waals surface area contributed by atoms with Crippen LogP contribution >= 0.6 is 24.0 Å². The molecule has 112 valence electrons. The van der Waals surface area contributed by atoms with Gasteiger partial charge >= 0.3 is 0 Å². The molecule has 1 aromatic carbocycles. The van der Waals surface area contributed by atoms with Crippen molar-refractivity contribution in [1.82, 2.24) is 15.1 Å². The van der Waals surface area contributed by atoms with E-state index in [1.54, 1.807) is 4.68 Å². The largest absolute Gasteiger partial charge is 0.370 e. The Morgan fingerprint density at radius 3 is 2.90 bits per heavy atom. The number of benzene rings is 1. The van der Waals surface area contributed by atoms with Crippen molar-refractivity contribution in [3.63, 3.8) is 0 Å². The molecule has 3 rings (SSSR count). The topological polar surface area (TPSA) is 68.2 Å². The first-order chi connectivity index (χ1) is 9.70. The molecular weight excluding hydrogens is 377 g/mol. The number of nitrogens with one attached hydrogen (secondary N) is 1. The lowest BCUT2D eigenvalue weighted by Gasteiger charge is -2.04. The molecular formula is C15H20IN5. The molecule has 3 N–H and O–H groups in total. The minimum absolute atomic E-state index is 0. The second-order valence-corrected chi connectivity index (χ2v) is 5.22. The molecule has 21 heavy (non-hydrogen) atoms. The van der Waals surface area contributed by atoms with E-state index in [0.717, 1.165) is 16.7 Å². The Labute approximate surface area is 141 Å². The van der Waals surface area contributed by atoms with Gasteiger partial charge in [-0.3, -0.25) is 4.68 Å². The number of nitrogens with two attached hydrogens (primary N) is 1. The van der Waals surface area contributed by atoms with Crippen molar-refractivity contribution in [3.8, 4) is 11.1 Å². The molecule has 0 spiro atoms. The molecule has 1 aliphatic carbocycles. The lowest BCUT2D eigenvalue weighted by Crippen LogP contribution is -2.33. The van der Waals surface area contributed by atoms with E-state index in [1.165, 1.54) is 12.8 Å². The van der Waals surface area contributed by atoms with Gasteiger partial charge in [0.25, 0.3) is 0 Å². The monoisotopic (exact) mass is 397 g/mol. The van der Waals surface area contributed by atoms with E-state index in [1.807, 2.05) is 25.5 Å². The van der Waals surface area contributed by atoms with Gasteiger partial charge in [0.1, 0.15) is 0 Å². The Kier molecular flexibility index (Phi) is 5.22. The summed E-state index contributed by atoms with van der Waals surface area (Å²) in [5, 5.41) is 7.38. The van der Waals surface area contributed by atoms with Crippen molar-refractivity contribution in [2.45, 2.75) is 25.4 Å². The number of nitrogens with zero attached hydrogens (tertiary/aromatic N) is 3. The average molecular weight is 397 g/mol. The van der Waals surface area contributed by atoms with Crippen LogP contribution in [-0.2, 0) is 13.6 Å². The highest BCUT2D eigenvalue weighted by Crippen LogP contribution is 2.20. The second-order valence-electron chi connectivity index (χ2n) is 5.22. The van der Waals surface area contributed by atoms with E-state index in [0.29, 0.717) is 18.5 Å². The van der Waals surface area contributed by atoms with Gasteiger partial charge in [0.15, 0.2) is 5.96 Å². The van der Waals surface area contributed by atoms with E-state index in [9.17, 15) is 0 Å². The smallest absolute Gasteiger partial charge is 0.189 e. The SMILES string of the molecule is Cn1cc(-c2cccc(CN=C(N)NC3CC3)c2)cn1.I. The Balaban J connectivity index is 0.00000161. The molecule has 0 atom stereocenters. The zero-order valence-electron chi connectivity index (χ0n) is 12.0. The minimum atomic E-state index is 0. The Morgan fingerprint density at radius 1 is 1.43 bits per heavy atom. The first kappa shape index (κ1) is 15.8. The summed E-state index contributed by atoms with van der Waals surface area (Å²) < 4.78 is 1.80. The fraction of sp³-hybridized carbons (Fsp3) is 0.333. The highest BCUT2D eigenvalue weighted by molar-refractivity contribution is 14.0. The van der Waals surface area contributed by atoms with Crippen LogP contribution in [0.5, 0.6) is 0 Å². The first-order valence-corrected chi connectivity index (χ1v) is 6.85. The zero-order chi connectivity index (χ0) is 13.9. The van der Waals surface area contributed by atoms with Crippen LogP contribution < -0.4 is 11.1 Å². The van der Waals surface area contributed by atoms with Crippen LogP contribution in [0.3, 0.4) is 0 Å². The van der Waals surface area contributed by atoms with Gasteiger partial charge < -0.3 is 11.1 Å². The molecule has 2 aromatic rings. The number of hydrogen-bond acceptors (Lipinski definition) is 2. The fourth-order valence-corrected chi connectivity index (χ4v) is 2.08. The molecule has 5 nitrogen and oxygen atoms in total. The summed E-state index contributed by atoms with van der Waals surface area (Å²) >= 11 is 0. The van der Waals surface area contributed by atoms with E-state index in [-0.39, 0.29) is 24.0 Å². The van der Waals surface area contributed by atoms with Gasteiger partial charge in [0.05, 0.1) is 12.7 Å². The van der Waals surface area contributed by atoms with Crippen LogP contribution in [0, 0.1) is 0 Å². The molecule has 0 bridgehead atoms. The quantitative estimate of drug-likeness (QED) is 0.473. The number of guanidine groups is 1. The normalized spacial score (nSPS) is 14.6. The lowest BCUT2D eigenvalue weighted by atomic mass is 10.1. The highest BCUT2D eigenvalue weighted by atomic mass is 127. The Morgan fingerprint density at radius 2 is 2.24 bits per heavy atom. The molecule has 0 aliphatic heterocycles. The van der Waals surface area contributed by atoms with Crippen LogP contribution in [0.15, 0.2) is 41.7 Å². The van der Waals surface area contributed by atoms with Gasteiger partial charge in [-0.1, -0.05) is 18.2 Å². The summed E-state index contributed by atoms with van der Waals surface area (Å²) in [6.07, 6.45) is 6.27. The number of halogens is 1. The fourth-order valence-electron chi connectivity index (χ4n) is 2.08. The number of aromatic nitrogens is 2. The van der Waals surface area contributed by atoms with Crippen LogP contribution in [0.25, 0.3) is 11.1 Å². The van der Waals surface area contributed by atoms with Gasteiger partial charge in [0.2, 0.25) is 0 Å². The molecule has 1 heterocycles. The van der Waals surface area contributed by atoms with E-state index in [2.05, 4.69) is 33.6 Å². The maximum absolute atomic E-state index is 5.84. The van der Waals surface area contributed by atoms with Crippen LogP contribution in [0.1, 0.15) is 18.4 Å². The molecule has 1 aromatic heterocycles. The van der Waals surface area contributed by atoms with Crippen molar-refractivity contribution in [2.24, 2.45) is 17.8 Å². The lowest BCUT2D eigenvalue weighted by molar-refractivity contribution is 0.768. The van der Waals surface area contributed by atoms with Crippen molar-refractivity contribution < 1.29 is 0 Å². The van der Waals surface area contributed by atoms with Crippen molar-refractivity contribution >= 4 is 29.9 Å². The summed E-state index contributed by atoms with van der Waals surface area (Å²) in [4.78, 5) is 4.38. The number of aliphatic imine (C=N–C) groups is 1. The molecule has 0 amide bonds. The number of rotatable bonds is 4. The highest BCUT2D eigenvalue weighted by Gasteiger charge is 2.21. The number of hydrogen-bond donors (Lipinski definition) is 2. The third-order valence-corrected chi connectivity index (χ3v) is 3.33. The molecule has 1 fully saturated rings. The molecule has 1 saturated carbocycles. The summed E-state index contributed by atoms with van der Waals surface area (Å²) in [5.41, 5.74) is 9.25. The second kappa shape index (κ2) is 6.93. The Hall–Kier alpha value is -1.57. The minimum Gasteiger partial charge on any atom is -0.370 e. The zero-order valence-corrected chi connectivity index (χ0v) is 14.3. The third kappa shape index (κ3) is 4.45. The summed E-state index contributed by atoms with van der Waals surface area (Å²) in [5.74, 6) is 0.541. The van der Waals surface area contributed by atoms with Gasteiger partial charge in [-0.15, -0.1) is 24.0 Å². The van der Waals surface area contributed by atoms with Gasteiger partial charge in [0, 0.05) is 24.8 Å². The summed E-state index contributed by atoms with van der Waals surface area (Å²) in [6, 6.07) is 8.85. The average Bonchev–Trinajstić information content (AvgIpc) is 3.15. The molecule has 0 unspecified atom stereocenters. The van der Waals surface area contributed by atoms with Gasteiger partial charge in [-0.05, 0) is 30.0 Å². The third-order valence-electron chi connectivity index (χ3n) is 3.33. The molecule has 6 heteroatoms. The standard InChI is InChI=1S/C15H19N5.HI/c1-20-10-13(9-18-20)12-4-2-3-11(7-12)8-17-15(16)19-14-5-6-14;/h2-4,7,9-10,14H,5-6,8H2,1H3,(H3,16,17,19);1H. The van der Waals surface area contributed by atoms with Crippen LogP contribution in [0.2, 0.25) is 0 Å². The van der Waals surface area contributed by atoms with E-state index in [4.69, 9.17) is 5.73 Å². The predicted octanol–water partition coefficient (Wildman–Crippen LogP) is 2.27. The molecule has 1 aliphatic rings. The summed E-state index contributed by atoms with van der Waals surface area (Å²) in [7, 11) is 1.92. The van der Waals surface area contributed by atoms with E-state index >= 15 is 0 Å². The molecule has 0 radical (unpaired) electrons. The maximum atomic E-state index is 5.84. The van der Waals surface area contributed by atoms with Gasteiger partial charge in [-0.25, -0.2) is 4.99 Å².